The number of carbonyl (C=O) groups is 1. The molecule has 1 aromatic heterocycles. The molecule has 0 radical (unpaired) electrons. The largest absolute Gasteiger partial charge is 0.392 e. The fraction of sp³-hybridized carbons (Fsp3) is 0.375. The normalized spacial score (nSPS) is 16.0. The second-order valence-corrected chi connectivity index (χ2v) is 5.19. The molecule has 2 aromatic rings. The lowest BCUT2D eigenvalue weighted by Gasteiger charge is -2.23. The number of rotatable bonds is 3. The van der Waals surface area contributed by atoms with Crippen molar-refractivity contribution in [3.05, 3.63) is 41.6 Å². The first kappa shape index (κ1) is 14.0. The fourth-order valence-electron chi connectivity index (χ4n) is 2.68. The minimum absolute atomic E-state index is 0.136. The maximum Gasteiger partial charge on any atom is 0.251 e. The second kappa shape index (κ2) is 6.20. The number of amides is 1. The highest BCUT2D eigenvalue weighted by molar-refractivity contribution is 6.00. The van der Waals surface area contributed by atoms with E-state index in [0.29, 0.717) is 29.9 Å². The van der Waals surface area contributed by atoms with Crippen molar-refractivity contribution in [3.8, 4) is 0 Å². The van der Waals surface area contributed by atoms with Crippen molar-refractivity contribution in [3.63, 3.8) is 0 Å². The quantitative estimate of drug-likeness (QED) is 0.899. The third kappa shape index (κ3) is 2.89. The average Bonchev–Trinajstić information content (AvgIpc) is 2.54. The molecule has 3 rings (SSSR count). The number of aliphatic hydroxyl groups excluding tert-OH is 1. The third-order valence-electron chi connectivity index (χ3n) is 3.84. The van der Waals surface area contributed by atoms with Crippen LogP contribution in [0.25, 0.3) is 10.9 Å². The Bertz CT molecular complexity index is 651. The summed E-state index contributed by atoms with van der Waals surface area (Å²) in [4.78, 5) is 16.7. The third-order valence-corrected chi connectivity index (χ3v) is 3.84. The summed E-state index contributed by atoms with van der Waals surface area (Å²) in [6.45, 7) is 1.15. The number of benzene rings is 1. The smallest absolute Gasteiger partial charge is 0.251 e. The SMILES string of the molecule is O=C(NC1CCOCC1)c1ccc2cccnc2c1CO. The predicted octanol–water partition coefficient (Wildman–Crippen LogP) is 1.64. The molecule has 1 aliphatic rings. The Morgan fingerprint density at radius 3 is 2.90 bits per heavy atom. The van der Waals surface area contributed by atoms with Crippen LogP contribution < -0.4 is 5.32 Å². The number of pyridine rings is 1. The number of aliphatic hydroxyl groups is 1. The van der Waals surface area contributed by atoms with Gasteiger partial charge in [-0.15, -0.1) is 0 Å². The van der Waals surface area contributed by atoms with E-state index >= 15 is 0 Å². The van der Waals surface area contributed by atoms with Gasteiger partial charge in [0.2, 0.25) is 0 Å². The molecule has 21 heavy (non-hydrogen) atoms. The van der Waals surface area contributed by atoms with Crippen molar-refractivity contribution in [1.29, 1.82) is 0 Å². The van der Waals surface area contributed by atoms with Crippen molar-refractivity contribution < 1.29 is 14.6 Å². The van der Waals surface area contributed by atoms with Crippen LogP contribution >= 0.6 is 0 Å². The summed E-state index contributed by atoms with van der Waals surface area (Å²) < 4.78 is 5.29. The molecule has 1 fully saturated rings. The molecule has 1 aromatic carbocycles. The Kier molecular flexibility index (Phi) is 4.13. The van der Waals surface area contributed by atoms with Gasteiger partial charge in [0.1, 0.15) is 0 Å². The standard InChI is InChI=1S/C16H18N2O3/c19-10-14-13(4-3-11-2-1-7-17-15(11)14)16(20)18-12-5-8-21-9-6-12/h1-4,7,12,19H,5-6,8-10H2,(H,18,20). The molecule has 0 aliphatic carbocycles. The highest BCUT2D eigenvalue weighted by Crippen LogP contribution is 2.21. The molecule has 0 unspecified atom stereocenters. The Morgan fingerprint density at radius 2 is 2.14 bits per heavy atom. The van der Waals surface area contributed by atoms with E-state index in [0.717, 1.165) is 18.2 Å². The topological polar surface area (TPSA) is 71.5 Å². The van der Waals surface area contributed by atoms with Crippen LogP contribution in [0.2, 0.25) is 0 Å². The van der Waals surface area contributed by atoms with Crippen LogP contribution in [0.5, 0.6) is 0 Å². The van der Waals surface area contributed by atoms with Crippen molar-refractivity contribution in [2.24, 2.45) is 0 Å². The van der Waals surface area contributed by atoms with Crippen molar-refractivity contribution in [2.45, 2.75) is 25.5 Å². The molecule has 5 nitrogen and oxygen atoms in total. The lowest BCUT2D eigenvalue weighted by atomic mass is 10.0. The van der Waals surface area contributed by atoms with Gasteiger partial charge in [0, 0.05) is 42.0 Å². The van der Waals surface area contributed by atoms with Crippen LogP contribution in [-0.2, 0) is 11.3 Å². The Morgan fingerprint density at radius 1 is 1.33 bits per heavy atom. The molecule has 0 bridgehead atoms. The number of aromatic nitrogens is 1. The second-order valence-electron chi connectivity index (χ2n) is 5.19. The van der Waals surface area contributed by atoms with Gasteiger partial charge in [-0.25, -0.2) is 0 Å². The highest BCUT2D eigenvalue weighted by Gasteiger charge is 2.20. The Hall–Kier alpha value is -1.98. The van der Waals surface area contributed by atoms with Crippen LogP contribution in [0.3, 0.4) is 0 Å². The van der Waals surface area contributed by atoms with E-state index < -0.39 is 0 Å². The number of fused-ring (bicyclic) bond motifs is 1. The lowest BCUT2D eigenvalue weighted by Crippen LogP contribution is -2.39. The van der Waals surface area contributed by atoms with E-state index in [-0.39, 0.29) is 18.6 Å². The van der Waals surface area contributed by atoms with Gasteiger partial charge in [-0.05, 0) is 25.0 Å². The molecular formula is C16H18N2O3. The van der Waals surface area contributed by atoms with Crippen LogP contribution in [0, 0.1) is 0 Å². The van der Waals surface area contributed by atoms with Crippen LogP contribution in [0.15, 0.2) is 30.5 Å². The summed E-state index contributed by atoms with van der Waals surface area (Å²) in [5.74, 6) is -0.154. The van der Waals surface area contributed by atoms with Gasteiger partial charge in [-0.2, -0.15) is 0 Å². The predicted molar refractivity (Wildman–Crippen MR) is 79.0 cm³/mol. The molecule has 5 heteroatoms. The zero-order valence-electron chi connectivity index (χ0n) is 11.7. The Balaban J connectivity index is 1.90. The van der Waals surface area contributed by atoms with Gasteiger partial charge in [-0.1, -0.05) is 12.1 Å². The molecule has 1 aliphatic heterocycles. The summed E-state index contributed by atoms with van der Waals surface area (Å²) in [6, 6.07) is 7.51. The van der Waals surface area contributed by atoms with Gasteiger partial charge in [0.25, 0.3) is 5.91 Å². The number of hydrogen-bond acceptors (Lipinski definition) is 4. The lowest BCUT2D eigenvalue weighted by molar-refractivity contribution is 0.0695. The molecule has 2 heterocycles. The average molecular weight is 286 g/mol. The zero-order valence-corrected chi connectivity index (χ0v) is 11.7. The van der Waals surface area contributed by atoms with Gasteiger partial charge in [0.05, 0.1) is 12.1 Å². The van der Waals surface area contributed by atoms with Crippen molar-refractivity contribution in [2.75, 3.05) is 13.2 Å². The molecule has 1 saturated heterocycles. The molecular weight excluding hydrogens is 268 g/mol. The van der Waals surface area contributed by atoms with Gasteiger partial charge >= 0.3 is 0 Å². The molecule has 1 amide bonds. The number of nitrogens with one attached hydrogen (secondary N) is 1. The summed E-state index contributed by atoms with van der Waals surface area (Å²) in [7, 11) is 0. The minimum atomic E-state index is -0.203. The molecule has 0 spiro atoms. The summed E-state index contributed by atoms with van der Waals surface area (Å²) in [6.07, 6.45) is 3.32. The monoisotopic (exact) mass is 286 g/mol. The van der Waals surface area contributed by atoms with Crippen LogP contribution in [-0.4, -0.2) is 35.3 Å². The van der Waals surface area contributed by atoms with E-state index in [9.17, 15) is 9.90 Å². The van der Waals surface area contributed by atoms with Crippen molar-refractivity contribution >= 4 is 16.8 Å². The number of carbonyl (C=O) groups excluding carboxylic acids is 1. The Labute approximate surface area is 123 Å². The van der Waals surface area contributed by atoms with Gasteiger partial charge in [0.15, 0.2) is 0 Å². The van der Waals surface area contributed by atoms with E-state index in [1.54, 1.807) is 12.3 Å². The zero-order chi connectivity index (χ0) is 14.7. The number of hydrogen-bond donors (Lipinski definition) is 2. The van der Waals surface area contributed by atoms with Gasteiger partial charge < -0.3 is 15.2 Å². The number of nitrogens with zero attached hydrogens (tertiary/aromatic N) is 1. The minimum Gasteiger partial charge on any atom is -0.392 e. The number of ether oxygens (including phenoxy) is 1. The van der Waals surface area contributed by atoms with Gasteiger partial charge in [-0.3, -0.25) is 9.78 Å². The maximum atomic E-state index is 12.4. The molecule has 0 saturated carbocycles. The highest BCUT2D eigenvalue weighted by atomic mass is 16.5. The summed E-state index contributed by atoms with van der Waals surface area (Å²) >= 11 is 0. The van der Waals surface area contributed by atoms with Crippen molar-refractivity contribution in [1.82, 2.24) is 10.3 Å². The van der Waals surface area contributed by atoms with E-state index in [4.69, 9.17) is 4.74 Å². The first-order valence-electron chi connectivity index (χ1n) is 7.15. The fourth-order valence-corrected chi connectivity index (χ4v) is 2.68. The maximum absolute atomic E-state index is 12.4. The first-order valence-corrected chi connectivity index (χ1v) is 7.15. The van der Waals surface area contributed by atoms with Crippen LogP contribution in [0.4, 0.5) is 0 Å². The van der Waals surface area contributed by atoms with E-state index in [2.05, 4.69) is 10.3 Å². The summed E-state index contributed by atoms with van der Waals surface area (Å²) in [5, 5.41) is 13.6. The van der Waals surface area contributed by atoms with E-state index in [1.165, 1.54) is 0 Å². The molecule has 110 valence electrons. The molecule has 0 atom stereocenters. The molecule has 2 N–H and O–H groups in total. The summed E-state index contributed by atoms with van der Waals surface area (Å²) in [5.41, 5.74) is 1.76. The van der Waals surface area contributed by atoms with E-state index in [1.807, 2.05) is 18.2 Å². The first-order chi connectivity index (χ1) is 10.3. The van der Waals surface area contributed by atoms with Crippen LogP contribution in [0.1, 0.15) is 28.8 Å².